The van der Waals surface area contributed by atoms with Gasteiger partial charge in [0, 0.05) is 18.1 Å². The summed E-state index contributed by atoms with van der Waals surface area (Å²) in [6.45, 7) is 1.51. The number of rotatable bonds is 4. The number of halogens is 2. The van der Waals surface area contributed by atoms with Crippen LogP contribution in [0.3, 0.4) is 0 Å². The van der Waals surface area contributed by atoms with Gasteiger partial charge in [-0.1, -0.05) is 48.0 Å². The lowest BCUT2D eigenvalue weighted by Gasteiger charge is -2.32. The highest BCUT2D eigenvalue weighted by molar-refractivity contribution is 6.30. The Hall–Kier alpha value is -1.87. The Balaban J connectivity index is 1.51. The molecule has 0 N–H and O–H groups in total. The number of benzene rings is 2. The Morgan fingerprint density at radius 1 is 1.12 bits per heavy atom. The SMILES string of the molecule is O=C(Cc1ccc(Cl)cc1F)N1CCC(Cc2ccccc2)CC1. The number of amides is 1. The molecule has 126 valence electrons. The van der Waals surface area contributed by atoms with Gasteiger partial charge in [0.05, 0.1) is 6.42 Å². The van der Waals surface area contributed by atoms with Crippen LogP contribution in [-0.4, -0.2) is 23.9 Å². The third kappa shape index (κ3) is 4.35. The van der Waals surface area contributed by atoms with Crippen LogP contribution in [0, 0.1) is 11.7 Å². The predicted molar refractivity (Wildman–Crippen MR) is 94.6 cm³/mol. The summed E-state index contributed by atoms with van der Waals surface area (Å²) in [6, 6.07) is 14.9. The minimum atomic E-state index is -0.408. The van der Waals surface area contributed by atoms with E-state index < -0.39 is 5.82 Å². The number of carbonyl (C=O) groups is 1. The van der Waals surface area contributed by atoms with Crippen LogP contribution in [0.1, 0.15) is 24.0 Å². The van der Waals surface area contributed by atoms with E-state index in [0.717, 1.165) is 32.4 Å². The highest BCUT2D eigenvalue weighted by Crippen LogP contribution is 2.23. The van der Waals surface area contributed by atoms with Gasteiger partial charge in [-0.25, -0.2) is 4.39 Å². The lowest BCUT2D eigenvalue weighted by atomic mass is 9.90. The van der Waals surface area contributed by atoms with Crippen LogP contribution in [0.4, 0.5) is 4.39 Å². The first kappa shape index (κ1) is 17.0. The summed E-state index contributed by atoms with van der Waals surface area (Å²) >= 11 is 5.75. The second kappa shape index (κ2) is 7.80. The highest BCUT2D eigenvalue weighted by Gasteiger charge is 2.23. The summed E-state index contributed by atoms with van der Waals surface area (Å²) in [7, 11) is 0. The number of hydrogen-bond acceptors (Lipinski definition) is 1. The van der Waals surface area contributed by atoms with E-state index >= 15 is 0 Å². The maximum absolute atomic E-state index is 13.8. The lowest BCUT2D eigenvalue weighted by molar-refractivity contribution is -0.131. The number of nitrogens with zero attached hydrogens (tertiary/aromatic N) is 1. The molecular weight excluding hydrogens is 325 g/mol. The summed E-state index contributed by atoms with van der Waals surface area (Å²) in [6.07, 6.45) is 3.18. The van der Waals surface area contributed by atoms with E-state index in [-0.39, 0.29) is 12.3 Å². The fourth-order valence-corrected chi connectivity index (χ4v) is 3.43. The number of hydrogen-bond donors (Lipinski definition) is 0. The molecule has 0 radical (unpaired) electrons. The average molecular weight is 346 g/mol. The standard InChI is InChI=1S/C20H21ClFNO/c21-18-7-6-17(19(22)14-18)13-20(24)23-10-8-16(9-11-23)12-15-4-2-1-3-5-15/h1-7,14,16H,8-13H2. The van der Waals surface area contributed by atoms with Crippen molar-refractivity contribution >= 4 is 17.5 Å². The molecular formula is C20H21ClFNO. The van der Waals surface area contributed by atoms with E-state index in [2.05, 4.69) is 24.3 Å². The molecule has 1 saturated heterocycles. The lowest BCUT2D eigenvalue weighted by Crippen LogP contribution is -2.39. The van der Waals surface area contributed by atoms with Gasteiger partial charge in [0.15, 0.2) is 0 Å². The second-order valence-corrected chi connectivity index (χ2v) is 6.86. The largest absolute Gasteiger partial charge is 0.342 e. The normalized spacial score (nSPS) is 15.5. The van der Waals surface area contributed by atoms with Crippen LogP contribution in [0.25, 0.3) is 0 Å². The molecule has 1 fully saturated rings. The first-order chi connectivity index (χ1) is 11.6. The van der Waals surface area contributed by atoms with Crippen molar-refractivity contribution in [2.75, 3.05) is 13.1 Å². The molecule has 2 aromatic rings. The van der Waals surface area contributed by atoms with E-state index in [1.165, 1.54) is 11.6 Å². The van der Waals surface area contributed by atoms with Gasteiger partial charge < -0.3 is 4.90 Å². The fraction of sp³-hybridized carbons (Fsp3) is 0.350. The zero-order valence-electron chi connectivity index (χ0n) is 13.6. The average Bonchev–Trinajstić information content (AvgIpc) is 2.59. The maximum atomic E-state index is 13.8. The Kier molecular flexibility index (Phi) is 5.52. The Morgan fingerprint density at radius 2 is 1.83 bits per heavy atom. The molecule has 0 atom stereocenters. The van der Waals surface area contributed by atoms with Gasteiger partial charge >= 0.3 is 0 Å². The minimum absolute atomic E-state index is 0.00520. The van der Waals surface area contributed by atoms with E-state index in [0.29, 0.717) is 16.5 Å². The Labute approximate surface area is 147 Å². The van der Waals surface area contributed by atoms with E-state index in [9.17, 15) is 9.18 Å². The third-order valence-electron chi connectivity index (χ3n) is 4.69. The summed E-state index contributed by atoms with van der Waals surface area (Å²) in [4.78, 5) is 14.3. The van der Waals surface area contributed by atoms with Crippen LogP contribution in [0.2, 0.25) is 5.02 Å². The molecule has 1 aliphatic rings. The molecule has 1 aliphatic heterocycles. The molecule has 1 heterocycles. The van der Waals surface area contributed by atoms with Crippen molar-refractivity contribution < 1.29 is 9.18 Å². The zero-order chi connectivity index (χ0) is 16.9. The molecule has 3 rings (SSSR count). The summed E-state index contributed by atoms with van der Waals surface area (Å²) in [5.74, 6) is 0.202. The van der Waals surface area contributed by atoms with Crippen molar-refractivity contribution in [3.05, 3.63) is 70.5 Å². The molecule has 0 unspecified atom stereocenters. The topological polar surface area (TPSA) is 20.3 Å². The van der Waals surface area contributed by atoms with Crippen LogP contribution < -0.4 is 0 Å². The fourth-order valence-electron chi connectivity index (χ4n) is 3.27. The van der Waals surface area contributed by atoms with Gasteiger partial charge in [0.25, 0.3) is 0 Å². The molecule has 0 bridgehead atoms. The van der Waals surface area contributed by atoms with Gasteiger partial charge in [-0.05, 0) is 48.4 Å². The number of piperidine rings is 1. The van der Waals surface area contributed by atoms with Crippen molar-refractivity contribution in [3.63, 3.8) is 0 Å². The Morgan fingerprint density at radius 3 is 2.50 bits per heavy atom. The number of likely N-dealkylation sites (tertiary alicyclic amines) is 1. The number of carbonyl (C=O) groups excluding carboxylic acids is 1. The van der Waals surface area contributed by atoms with Crippen molar-refractivity contribution in [2.24, 2.45) is 5.92 Å². The first-order valence-corrected chi connectivity index (χ1v) is 8.75. The molecule has 0 aromatic heterocycles. The van der Waals surface area contributed by atoms with Gasteiger partial charge in [-0.3, -0.25) is 4.79 Å². The molecule has 0 saturated carbocycles. The first-order valence-electron chi connectivity index (χ1n) is 8.37. The molecule has 4 heteroatoms. The van der Waals surface area contributed by atoms with Crippen molar-refractivity contribution in [1.29, 1.82) is 0 Å². The highest BCUT2D eigenvalue weighted by atomic mass is 35.5. The minimum Gasteiger partial charge on any atom is -0.342 e. The van der Waals surface area contributed by atoms with Crippen molar-refractivity contribution in [1.82, 2.24) is 4.90 Å². The molecule has 1 amide bonds. The van der Waals surface area contributed by atoms with Crippen molar-refractivity contribution in [3.8, 4) is 0 Å². The van der Waals surface area contributed by atoms with Gasteiger partial charge in [0.1, 0.15) is 5.82 Å². The molecule has 2 aromatic carbocycles. The summed E-state index contributed by atoms with van der Waals surface area (Å²) in [5, 5.41) is 0.352. The maximum Gasteiger partial charge on any atom is 0.227 e. The van der Waals surface area contributed by atoms with Gasteiger partial charge in [0.2, 0.25) is 5.91 Å². The van der Waals surface area contributed by atoms with Crippen LogP contribution in [0.15, 0.2) is 48.5 Å². The summed E-state index contributed by atoms with van der Waals surface area (Å²) in [5.41, 5.74) is 1.77. The molecule has 24 heavy (non-hydrogen) atoms. The van der Waals surface area contributed by atoms with Gasteiger partial charge in [-0.15, -0.1) is 0 Å². The molecule has 0 spiro atoms. The van der Waals surface area contributed by atoms with E-state index in [1.54, 1.807) is 12.1 Å². The van der Waals surface area contributed by atoms with E-state index in [4.69, 9.17) is 11.6 Å². The molecule has 0 aliphatic carbocycles. The van der Waals surface area contributed by atoms with Crippen LogP contribution in [0.5, 0.6) is 0 Å². The molecule has 2 nitrogen and oxygen atoms in total. The smallest absolute Gasteiger partial charge is 0.227 e. The van der Waals surface area contributed by atoms with Crippen LogP contribution in [-0.2, 0) is 17.6 Å². The predicted octanol–water partition coefficient (Wildman–Crippen LogP) is 4.50. The Bertz CT molecular complexity index is 696. The third-order valence-corrected chi connectivity index (χ3v) is 4.93. The monoisotopic (exact) mass is 345 g/mol. The van der Waals surface area contributed by atoms with E-state index in [1.807, 2.05) is 11.0 Å². The summed E-state index contributed by atoms with van der Waals surface area (Å²) < 4.78 is 13.8. The van der Waals surface area contributed by atoms with Crippen LogP contribution >= 0.6 is 11.6 Å². The second-order valence-electron chi connectivity index (χ2n) is 6.43. The quantitative estimate of drug-likeness (QED) is 0.798. The van der Waals surface area contributed by atoms with Gasteiger partial charge in [-0.2, -0.15) is 0 Å². The zero-order valence-corrected chi connectivity index (χ0v) is 14.3. The van der Waals surface area contributed by atoms with Crippen molar-refractivity contribution in [2.45, 2.75) is 25.7 Å².